The summed E-state index contributed by atoms with van der Waals surface area (Å²) in [7, 11) is 1.31. The van der Waals surface area contributed by atoms with E-state index in [1.165, 1.54) is 7.11 Å². The molecule has 0 aliphatic carbocycles. The lowest BCUT2D eigenvalue weighted by Gasteiger charge is -2.13. The smallest absolute Gasteiger partial charge is 0.307 e. The third kappa shape index (κ3) is 5.49. The second-order valence-electron chi connectivity index (χ2n) is 4.16. The number of hydrogen-bond donors (Lipinski definition) is 1. The highest BCUT2D eigenvalue weighted by Crippen LogP contribution is 2.21. The summed E-state index contributed by atoms with van der Waals surface area (Å²) in [5.41, 5.74) is 0.689. The van der Waals surface area contributed by atoms with Crippen LogP contribution in [0.2, 0.25) is 10.0 Å². The Morgan fingerprint density at radius 2 is 2.05 bits per heavy atom. The van der Waals surface area contributed by atoms with Crippen molar-refractivity contribution < 1.29 is 14.3 Å². The lowest BCUT2D eigenvalue weighted by atomic mass is 10.1. The van der Waals surface area contributed by atoms with Crippen LogP contribution in [0, 0.1) is 0 Å². The van der Waals surface area contributed by atoms with Crippen molar-refractivity contribution in [2.24, 2.45) is 0 Å². The molecular formula is C13H15Cl2NO3. The van der Waals surface area contributed by atoms with E-state index in [9.17, 15) is 9.59 Å². The molecule has 1 aromatic carbocycles. The number of nitrogens with one attached hydrogen (secondary N) is 1. The minimum absolute atomic E-state index is 0.136. The van der Waals surface area contributed by atoms with E-state index in [2.05, 4.69) is 10.1 Å². The van der Waals surface area contributed by atoms with Crippen LogP contribution in [0.3, 0.4) is 0 Å². The van der Waals surface area contributed by atoms with Gasteiger partial charge >= 0.3 is 5.97 Å². The molecule has 0 heterocycles. The number of halogens is 2. The second kappa shape index (κ2) is 7.36. The fraction of sp³-hybridized carbons (Fsp3) is 0.385. The summed E-state index contributed by atoms with van der Waals surface area (Å²) in [6, 6.07) is 4.68. The van der Waals surface area contributed by atoms with Gasteiger partial charge in [0.05, 0.1) is 20.0 Å². The first-order valence-electron chi connectivity index (χ1n) is 5.72. The summed E-state index contributed by atoms with van der Waals surface area (Å²) in [5, 5.41) is 3.67. The van der Waals surface area contributed by atoms with E-state index < -0.39 is 0 Å². The van der Waals surface area contributed by atoms with Gasteiger partial charge in [0.15, 0.2) is 0 Å². The van der Waals surface area contributed by atoms with Crippen molar-refractivity contribution in [1.82, 2.24) is 5.32 Å². The van der Waals surface area contributed by atoms with Crippen LogP contribution in [-0.2, 0) is 20.7 Å². The molecule has 6 heteroatoms. The van der Waals surface area contributed by atoms with Crippen LogP contribution < -0.4 is 5.32 Å². The minimum atomic E-state index is -0.364. The Bertz CT molecular complexity index is 477. The number of methoxy groups -OCH3 is 1. The molecule has 1 rings (SSSR count). The lowest BCUT2D eigenvalue weighted by Crippen LogP contribution is -2.35. The van der Waals surface area contributed by atoms with Gasteiger partial charge in [-0.25, -0.2) is 0 Å². The molecule has 1 amide bonds. The van der Waals surface area contributed by atoms with Gasteiger partial charge in [0.25, 0.3) is 0 Å². The summed E-state index contributed by atoms with van der Waals surface area (Å²) in [6.45, 7) is 1.73. The highest BCUT2D eigenvalue weighted by molar-refractivity contribution is 6.35. The normalized spacial score (nSPS) is 11.8. The number of esters is 1. The summed E-state index contributed by atoms with van der Waals surface area (Å²) < 4.78 is 4.53. The van der Waals surface area contributed by atoms with Gasteiger partial charge in [-0.3, -0.25) is 9.59 Å². The fourth-order valence-electron chi connectivity index (χ4n) is 1.55. The fourth-order valence-corrected chi connectivity index (χ4v) is 2.02. The van der Waals surface area contributed by atoms with Crippen LogP contribution in [-0.4, -0.2) is 25.0 Å². The van der Waals surface area contributed by atoms with Crippen LogP contribution in [0.5, 0.6) is 0 Å². The van der Waals surface area contributed by atoms with Crippen molar-refractivity contribution >= 4 is 35.1 Å². The zero-order valence-electron chi connectivity index (χ0n) is 10.7. The van der Waals surface area contributed by atoms with Gasteiger partial charge in [-0.05, 0) is 24.6 Å². The third-order valence-electron chi connectivity index (χ3n) is 2.47. The number of amides is 1. The van der Waals surface area contributed by atoms with E-state index in [1.54, 1.807) is 25.1 Å². The summed E-state index contributed by atoms with van der Waals surface area (Å²) in [6.07, 6.45) is 0.276. The molecule has 0 aliphatic rings. The Labute approximate surface area is 122 Å². The van der Waals surface area contributed by atoms with Gasteiger partial charge in [-0.15, -0.1) is 0 Å². The minimum Gasteiger partial charge on any atom is -0.469 e. The molecule has 1 N–H and O–H groups in total. The molecular weight excluding hydrogens is 289 g/mol. The average Bonchev–Trinajstić information content (AvgIpc) is 2.32. The first-order chi connectivity index (χ1) is 8.92. The first kappa shape index (κ1) is 15.8. The maximum Gasteiger partial charge on any atom is 0.307 e. The Balaban J connectivity index is 2.53. The molecule has 19 heavy (non-hydrogen) atoms. The topological polar surface area (TPSA) is 55.4 Å². The number of carbonyl (C=O) groups excluding carboxylic acids is 2. The van der Waals surface area contributed by atoms with Gasteiger partial charge in [0.1, 0.15) is 0 Å². The zero-order valence-corrected chi connectivity index (χ0v) is 12.2. The predicted molar refractivity (Wildman–Crippen MR) is 74.4 cm³/mol. The number of hydrogen-bond acceptors (Lipinski definition) is 3. The van der Waals surface area contributed by atoms with Crippen molar-refractivity contribution in [2.45, 2.75) is 25.8 Å². The van der Waals surface area contributed by atoms with E-state index in [4.69, 9.17) is 23.2 Å². The van der Waals surface area contributed by atoms with Crippen LogP contribution in [0.25, 0.3) is 0 Å². The second-order valence-corrected chi connectivity index (χ2v) is 5.00. The van der Waals surface area contributed by atoms with Crippen LogP contribution in [0.15, 0.2) is 18.2 Å². The van der Waals surface area contributed by atoms with Crippen LogP contribution in [0.4, 0.5) is 0 Å². The molecule has 0 aromatic heterocycles. The number of ether oxygens (including phenoxy) is 1. The molecule has 0 spiro atoms. The Morgan fingerprint density at radius 1 is 1.37 bits per heavy atom. The van der Waals surface area contributed by atoms with Crippen molar-refractivity contribution in [2.75, 3.05) is 7.11 Å². The van der Waals surface area contributed by atoms with Crippen molar-refractivity contribution in [1.29, 1.82) is 0 Å². The molecule has 4 nitrogen and oxygen atoms in total. The molecule has 104 valence electrons. The van der Waals surface area contributed by atoms with Gasteiger partial charge in [0, 0.05) is 16.1 Å². The van der Waals surface area contributed by atoms with E-state index in [1.807, 2.05) is 0 Å². The predicted octanol–water partition coefficient (Wildman–Crippen LogP) is 2.60. The van der Waals surface area contributed by atoms with Gasteiger partial charge < -0.3 is 10.1 Å². The molecule has 0 saturated heterocycles. The molecule has 0 fully saturated rings. The molecule has 0 bridgehead atoms. The van der Waals surface area contributed by atoms with E-state index in [-0.39, 0.29) is 30.8 Å². The maximum atomic E-state index is 11.8. The standard InChI is InChI=1S/C13H15Cl2NO3/c1-8(5-13(18)19-2)16-12(17)6-9-3-4-10(14)7-11(9)15/h3-4,7-8H,5-6H2,1-2H3,(H,16,17). The van der Waals surface area contributed by atoms with Crippen LogP contribution >= 0.6 is 23.2 Å². The van der Waals surface area contributed by atoms with Crippen LogP contribution in [0.1, 0.15) is 18.9 Å². The first-order valence-corrected chi connectivity index (χ1v) is 6.48. The van der Waals surface area contributed by atoms with Gasteiger partial charge in [-0.2, -0.15) is 0 Å². The lowest BCUT2D eigenvalue weighted by molar-refractivity contribution is -0.141. The van der Waals surface area contributed by atoms with Gasteiger partial charge in [-0.1, -0.05) is 29.3 Å². The molecule has 0 saturated carbocycles. The van der Waals surface area contributed by atoms with Crippen molar-refractivity contribution in [3.63, 3.8) is 0 Å². The quantitative estimate of drug-likeness (QED) is 0.851. The molecule has 1 aromatic rings. The monoisotopic (exact) mass is 303 g/mol. The number of benzene rings is 1. The molecule has 1 atom stereocenters. The SMILES string of the molecule is COC(=O)CC(C)NC(=O)Cc1ccc(Cl)cc1Cl. The van der Waals surface area contributed by atoms with E-state index in [0.717, 1.165) is 0 Å². The summed E-state index contributed by atoms with van der Waals surface area (Å²) in [5.74, 6) is -0.571. The summed E-state index contributed by atoms with van der Waals surface area (Å²) in [4.78, 5) is 22.8. The summed E-state index contributed by atoms with van der Waals surface area (Å²) >= 11 is 11.8. The number of carbonyl (C=O) groups is 2. The molecule has 0 radical (unpaired) electrons. The number of rotatable bonds is 5. The van der Waals surface area contributed by atoms with E-state index in [0.29, 0.717) is 15.6 Å². The largest absolute Gasteiger partial charge is 0.469 e. The highest BCUT2D eigenvalue weighted by Gasteiger charge is 2.13. The maximum absolute atomic E-state index is 11.8. The average molecular weight is 304 g/mol. The van der Waals surface area contributed by atoms with Crippen molar-refractivity contribution in [3.8, 4) is 0 Å². The Hall–Kier alpha value is -1.26. The van der Waals surface area contributed by atoms with Gasteiger partial charge in [0.2, 0.25) is 5.91 Å². The molecule has 0 aliphatic heterocycles. The molecule has 1 unspecified atom stereocenters. The van der Waals surface area contributed by atoms with E-state index >= 15 is 0 Å². The van der Waals surface area contributed by atoms with Crippen molar-refractivity contribution in [3.05, 3.63) is 33.8 Å². The zero-order chi connectivity index (χ0) is 14.4. The Kier molecular flexibility index (Phi) is 6.12. The Morgan fingerprint density at radius 3 is 2.63 bits per heavy atom. The third-order valence-corrected chi connectivity index (χ3v) is 3.06. The highest BCUT2D eigenvalue weighted by atomic mass is 35.5.